The number of Topliss-reactive ketones (excluding diaryl/α,β-unsaturated/α-hetero) is 1. The summed E-state index contributed by atoms with van der Waals surface area (Å²) in [6.07, 6.45) is 3.87. The van der Waals surface area contributed by atoms with E-state index in [2.05, 4.69) is 45.0 Å². The SMILES string of the molecule is Cc1ccc(/C=C2/C(=O)C3(CO)CCC2C3(C)C)cc1. The second-order valence-corrected chi connectivity index (χ2v) is 6.89. The van der Waals surface area contributed by atoms with Crippen molar-refractivity contribution in [3.05, 3.63) is 41.0 Å². The van der Waals surface area contributed by atoms with Crippen LogP contribution < -0.4 is 0 Å². The molecule has 0 radical (unpaired) electrons. The van der Waals surface area contributed by atoms with Crippen LogP contribution in [0.25, 0.3) is 6.08 Å². The molecule has 2 fully saturated rings. The number of fused-ring (bicyclic) bond motifs is 2. The first-order valence-corrected chi connectivity index (χ1v) is 7.36. The second-order valence-electron chi connectivity index (χ2n) is 6.89. The fourth-order valence-electron chi connectivity index (χ4n) is 4.16. The van der Waals surface area contributed by atoms with Crippen LogP contribution in [0.5, 0.6) is 0 Å². The fourth-order valence-corrected chi connectivity index (χ4v) is 4.16. The van der Waals surface area contributed by atoms with E-state index >= 15 is 0 Å². The van der Waals surface area contributed by atoms with Gasteiger partial charge < -0.3 is 5.11 Å². The normalized spacial score (nSPS) is 33.1. The maximum Gasteiger partial charge on any atom is 0.168 e. The number of allylic oxidation sites excluding steroid dienone is 1. The number of aryl methyl sites for hydroxylation is 1. The largest absolute Gasteiger partial charge is 0.395 e. The third-order valence-corrected chi connectivity index (χ3v) is 5.71. The molecule has 0 saturated heterocycles. The molecule has 2 aliphatic carbocycles. The van der Waals surface area contributed by atoms with Gasteiger partial charge in [-0.15, -0.1) is 0 Å². The van der Waals surface area contributed by atoms with Gasteiger partial charge in [0.05, 0.1) is 12.0 Å². The Kier molecular flexibility index (Phi) is 2.91. The molecule has 2 nitrogen and oxygen atoms in total. The van der Waals surface area contributed by atoms with Crippen molar-refractivity contribution < 1.29 is 9.90 Å². The van der Waals surface area contributed by atoms with Crippen molar-refractivity contribution >= 4 is 11.9 Å². The predicted octanol–water partition coefficient (Wildman–Crippen LogP) is 3.38. The number of benzene rings is 1. The van der Waals surface area contributed by atoms with Crippen LogP contribution in [-0.2, 0) is 4.79 Å². The minimum absolute atomic E-state index is 0.0272. The van der Waals surface area contributed by atoms with Crippen molar-refractivity contribution in [3.8, 4) is 0 Å². The smallest absolute Gasteiger partial charge is 0.168 e. The van der Waals surface area contributed by atoms with Crippen LogP contribution in [-0.4, -0.2) is 17.5 Å². The molecule has 2 aliphatic rings. The number of rotatable bonds is 2. The van der Waals surface area contributed by atoms with Gasteiger partial charge in [-0.05, 0) is 42.7 Å². The Labute approximate surface area is 120 Å². The number of ketones is 1. The summed E-state index contributed by atoms with van der Waals surface area (Å²) in [6, 6.07) is 8.24. The van der Waals surface area contributed by atoms with E-state index in [1.165, 1.54) is 5.56 Å². The number of carbonyl (C=O) groups excluding carboxylic acids is 1. The fraction of sp³-hybridized carbons (Fsp3) is 0.500. The highest BCUT2D eigenvalue weighted by Crippen LogP contribution is 2.65. The molecule has 20 heavy (non-hydrogen) atoms. The zero-order valence-corrected chi connectivity index (χ0v) is 12.4. The van der Waals surface area contributed by atoms with Gasteiger partial charge in [0.1, 0.15) is 0 Å². The van der Waals surface area contributed by atoms with Crippen LogP contribution >= 0.6 is 0 Å². The lowest BCUT2D eigenvalue weighted by Gasteiger charge is -2.33. The second kappa shape index (κ2) is 4.29. The Balaban J connectivity index is 2.05. The minimum atomic E-state index is -0.547. The maximum absolute atomic E-state index is 12.8. The third-order valence-electron chi connectivity index (χ3n) is 5.71. The van der Waals surface area contributed by atoms with Gasteiger partial charge in [0, 0.05) is 5.57 Å². The quantitative estimate of drug-likeness (QED) is 0.837. The van der Waals surface area contributed by atoms with Crippen molar-refractivity contribution in [3.63, 3.8) is 0 Å². The molecule has 2 unspecified atom stereocenters. The summed E-state index contributed by atoms with van der Waals surface area (Å²) in [4.78, 5) is 12.8. The highest BCUT2D eigenvalue weighted by atomic mass is 16.3. The summed E-state index contributed by atoms with van der Waals surface area (Å²) in [5.74, 6) is 0.449. The average Bonchev–Trinajstić information content (AvgIpc) is 2.76. The first kappa shape index (κ1) is 13.6. The molecule has 2 heteroatoms. The van der Waals surface area contributed by atoms with Gasteiger partial charge in [-0.1, -0.05) is 43.7 Å². The van der Waals surface area contributed by atoms with Gasteiger partial charge in [0.15, 0.2) is 5.78 Å². The van der Waals surface area contributed by atoms with Crippen molar-refractivity contribution in [2.45, 2.75) is 33.6 Å². The van der Waals surface area contributed by atoms with Crippen LogP contribution in [0.15, 0.2) is 29.8 Å². The lowest BCUT2D eigenvalue weighted by atomic mass is 9.69. The lowest BCUT2D eigenvalue weighted by Crippen LogP contribution is -2.39. The Morgan fingerprint density at radius 3 is 2.50 bits per heavy atom. The molecule has 1 N–H and O–H groups in total. The first-order chi connectivity index (χ1) is 9.42. The van der Waals surface area contributed by atoms with Gasteiger partial charge in [0.25, 0.3) is 0 Å². The molecule has 1 aromatic carbocycles. The van der Waals surface area contributed by atoms with E-state index in [9.17, 15) is 9.90 Å². The van der Waals surface area contributed by atoms with Crippen LogP contribution in [0.3, 0.4) is 0 Å². The Morgan fingerprint density at radius 2 is 1.95 bits per heavy atom. The van der Waals surface area contributed by atoms with Gasteiger partial charge in [0.2, 0.25) is 0 Å². The summed E-state index contributed by atoms with van der Waals surface area (Å²) < 4.78 is 0. The summed E-state index contributed by atoms with van der Waals surface area (Å²) in [5.41, 5.74) is 2.54. The summed E-state index contributed by atoms with van der Waals surface area (Å²) in [7, 11) is 0. The van der Waals surface area contributed by atoms with Crippen LogP contribution in [0.2, 0.25) is 0 Å². The van der Waals surface area contributed by atoms with Crippen molar-refractivity contribution in [2.24, 2.45) is 16.7 Å². The van der Waals surface area contributed by atoms with E-state index < -0.39 is 5.41 Å². The highest BCUT2D eigenvalue weighted by molar-refractivity contribution is 6.08. The molecule has 0 aromatic heterocycles. The summed E-state index contributed by atoms with van der Waals surface area (Å²) in [6.45, 7) is 6.30. The molecule has 2 bridgehead atoms. The molecule has 0 aliphatic heterocycles. The molecular weight excluding hydrogens is 248 g/mol. The van der Waals surface area contributed by atoms with Crippen molar-refractivity contribution in [1.29, 1.82) is 0 Å². The number of carbonyl (C=O) groups is 1. The monoisotopic (exact) mass is 270 g/mol. The van der Waals surface area contributed by atoms with E-state index in [4.69, 9.17) is 0 Å². The third kappa shape index (κ3) is 1.58. The summed E-state index contributed by atoms with van der Waals surface area (Å²) >= 11 is 0. The van der Waals surface area contributed by atoms with E-state index in [1.807, 2.05) is 6.08 Å². The number of aliphatic hydroxyl groups is 1. The Bertz CT molecular complexity index is 580. The topological polar surface area (TPSA) is 37.3 Å². The van der Waals surface area contributed by atoms with Crippen LogP contribution in [0, 0.1) is 23.7 Å². The van der Waals surface area contributed by atoms with E-state index in [0.717, 1.165) is 24.0 Å². The lowest BCUT2D eigenvalue weighted by molar-refractivity contribution is -0.129. The molecular formula is C18H22O2. The van der Waals surface area contributed by atoms with Gasteiger partial charge in [-0.25, -0.2) is 0 Å². The highest BCUT2D eigenvalue weighted by Gasteiger charge is 2.66. The molecule has 1 aromatic rings. The molecule has 3 rings (SSSR count). The number of hydrogen-bond donors (Lipinski definition) is 1. The van der Waals surface area contributed by atoms with Crippen molar-refractivity contribution in [2.75, 3.05) is 6.61 Å². The van der Waals surface area contributed by atoms with E-state index in [1.54, 1.807) is 0 Å². The zero-order chi connectivity index (χ0) is 14.5. The average molecular weight is 270 g/mol. The standard InChI is InChI=1S/C18H22O2/c1-12-4-6-13(7-5-12)10-14-15-8-9-18(11-19,16(14)20)17(15,2)3/h4-7,10,15,19H,8-9,11H2,1-3H3/b14-10+. The van der Waals surface area contributed by atoms with Gasteiger partial charge >= 0.3 is 0 Å². The minimum Gasteiger partial charge on any atom is -0.395 e. The van der Waals surface area contributed by atoms with Gasteiger partial charge in [-0.3, -0.25) is 4.79 Å². The number of aliphatic hydroxyl groups excluding tert-OH is 1. The molecule has 2 saturated carbocycles. The van der Waals surface area contributed by atoms with E-state index in [-0.39, 0.29) is 23.7 Å². The Morgan fingerprint density at radius 1 is 1.30 bits per heavy atom. The molecule has 0 spiro atoms. The maximum atomic E-state index is 12.8. The van der Waals surface area contributed by atoms with E-state index in [0.29, 0.717) is 0 Å². The van der Waals surface area contributed by atoms with Crippen molar-refractivity contribution in [1.82, 2.24) is 0 Å². The molecule has 106 valence electrons. The Hall–Kier alpha value is -1.41. The summed E-state index contributed by atoms with van der Waals surface area (Å²) in [5, 5.41) is 9.82. The predicted molar refractivity (Wildman–Crippen MR) is 80.2 cm³/mol. The zero-order valence-electron chi connectivity index (χ0n) is 12.4. The van der Waals surface area contributed by atoms with Gasteiger partial charge in [-0.2, -0.15) is 0 Å². The number of hydrogen-bond acceptors (Lipinski definition) is 2. The van der Waals surface area contributed by atoms with Crippen LogP contribution in [0.4, 0.5) is 0 Å². The first-order valence-electron chi connectivity index (χ1n) is 7.36. The molecule has 0 heterocycles. The molecule has 0 amide bonds. The molecule has 2 atom stereocenters. The van der Waals surface area contributed by atoms with Crippen LogP contribution in [0.1, 0.15) is 37.8 Å².